The molecule has 3 aromatic rings. The Labute approximate surface area is 192 Å². The minimum Gasteiger partial charge on any atom is -0.507 e. The third-order valence-electron chi connectivity index (χ3n) is 5.90. The Hall–Kier alpha value is -3.78. The number of nitrogens with one attached hydrogen (secondary N) is 1. The first kappa shape index (κ1) is 22.4. The zero-order valence-corrected chi connectivity index (χ0v) is 19.1. The number of carbonyl (C=O) groups is 2. The second-order valence-corrected chi connectivity index (χ2v) is 8.15. The molecule has 0 saturated carbocycles. The van der Waals surface area contributed by atoms with Crippen LogP contribution in [0.25, 0.3) is 16.7 Å². The van der Waals surface area contributed by atoms with Gasteiger partial charge in [-0.1, -0.05) is 18.2 Å². The summed E-state index contributed by atoms with van der Waals surface area (Å²) >= 11 is 0. The number of ketones is 1. The van der Waals surface area contributed by atoms with E-state index in [2.05, 4.69) is 4.98 Å². The Morgan fingerprint density at radius 1 is 1.12 bits per heavy atom. The van der Waals surface area contributed by atoms with Crippen LogP contribution in [0.4, 0.5) is 0 Å². The molecule has 2 aromatic carbocycles. The molecule has 8 nitrogen and oxygen atoms in total. The highest BCUT2D eigenvalue weighted by Gasteiger charge is 2.47. The molecule has 0 spiro atoms. The van der Waals surface area contributed by atoms with E-state index in [1.807, 2.05) is 43.3 Å². The molecule has 1 aliphatic rings. The van der Waals surface area contributed by atoms with Gasteiger partial charge in [0.1, 0.15) is 17.3 Å². The molecule has 0 aliphatic carbocycles. The number of rotatable bonds is 7. The summed E-state index contributed by atoms with van der Waals surface area (Å²) < 4.78 is 11.0. The van der Waals surface area contributed by atoms with E-state index in [4.69, 9.17) is 9.47 Å². The molecule has 2 N–H and O–H groups in total. The van der Waals surface area contributed by atoms with Crippen molar-refractivity contribution in [3.05, 3.63) is 65.4 Å². The molecular weight excluding hydrogens is 422 g/mol. The SMILES string of the molecule is COc1ccc(OC)c(C2/C(=C(\O)c3c[nH]c4ccccc34)C(=O)C(=O)N2CCN(C)C)c1. The van der Waals surface area contributed by atoms with E-state index in [0.717, 1.165) is 10.9 Å². The van der Waals surface area contributed by atoms with Crippen LogP contribution in [-0.4, -0.2) is 73.0 Å². The lowest BCUT2D eigenvalue weighted by Gasteiger charge is -2.27. The molecule has 1 fully saturated rings. The zero-order chi connectivity index (χ0) is 23.7. The van der Waals surface area contributed by atoms with Crippen molar-refractivity contribution in [3.63, 3.8) is 0 Å². The normalized spacial score (nSPS) is 17.8. The number of amides is 1. The first-order valence-corrected chi connectivity index (χ1v) is 10.6. The number of benzene rings is 2. The molecule has 1 saturated heterocycles. The third-order valence-corrected chi connectivity index (χ3v) is 5.90. The third kappa shape index (κ3) is 3.93. The van der Waals surface area contributed by atoms with Gasteiger partial charge in [-0.05, 0) is 38.4 Å². The number of Topliss-reactive ketones (excluding diaryl/α,β-unsaturated/α-hetero) is 1. The minimum atomic E-state index is -0.830. The number of H-pyrrole nitrogens is 1. The molecule has 1 aliphatic heterocycles. The molecule has 2 heterocycles. The summed E-state index contributed by atoms with van der Waals surface area (Å²) in [6.07, 6.45) is 1.65. The van der Waals surface area contributed by atoms with Crippen LogP contribution in [0, 0.1) is 0 Å². The van der Waals surface area contributed by atoms with Crippen LogP contribution < -0.4 is 9.47 Å². The Morgan fingerprint density at radius 3 is 2.58 bits per heavy atom. The Bertz CT molecular complexity index is 1240. The number of likely N-dealkylation sites (N-methyl/N-ethyl adjacent to an activating group) is 1. The number of aliphatic hydroxyl groups excluding tert-OH is 1. The lowest BCUT2D eigenvalue weighted by atomic mass is 9.94. The monoisotopic (exact) mass is 449 g/mol. The Balaban J connectivity index is 1.95. The number of likely N-dealkylation sites (tertiary alicyclic amines) is 1. The average Bonchev–Trinajstić information content (AvgIpc) is 3.36. The van der Waals surface area contributed by atoms with Crippen LogP contribution >= 0.6 is 0 Å². The number of nitrogens with zero attached hydrogens (tertiary/aromatic N) is 2. The number of methoxy groups -OCH3 is 2. The van der Waals surface area contributed by atoms with Crippen LogP contribution in [0.5, 0.6) is 11.5 Å². The predicted molar refractivity (Wildman–Crippen MR) is 125 cm³/mol. The van der Waals surface area contributed by atoms with E-state index >= 15 is 0 Å². The van der Waals surface area contributed by atoms with Crippen molar-refractivity contribution in [2.75, 3.05) is 41.4 Å². The summed E-state index contributed by atoms with van der Waals surface area (Å²) in [6.45, 7) is 0.843. The van der Waals surface area contributed by atoms with Crippen molar-refractivity contribution >= 4 is 28.4 Å². The molecule has 1 atom stereocenters. The van der Waals surface area contributed by atoms with E-state index in [9.17, 15) is 14.7 Å². The number of carbonyl (C=O) groups excluding carboxylic acids is 2. The van der Waals surface area contributed by atoms with Gasteiger partial charge in [-0.25, -0.2) is 0 Å². The first-order chi connectivity index (χ1) is 15.9. The second kappa shape index (κ2) is 8.99. The highest BCUT2D eigenvalue weighted by Crippen LogP contribution is 2.44. The van der Waals surface area contributed by atoms with Gasteiger partial charge in [-0.2, -0.15) is 0 Å². The summed E-state index contributed by atoms with van der Waals surface area (Å²) in [5.74, 6) is -0.578. The van der Waals surface area contributed by atoms with Crippen molar-refractivity contribution in [3.8, 4) is 11.5 Å². The van der Waals surface area contributed by atoms with Crippen molar-refractivity contribution in [1.82, 2.24) is 14.8 Å². The molecule has 4 rings (SSSR count). The lowest BCUT2D eigenvalue weighted by Crippen LogP contribution is -2.35. The highest BCUT2D eigenvalue weighted by molar-refractivity contribution is 6.46. The van der Waals surface area contributed by atoms with Crippen LogP contribution in [0.3, 0.4) is 0 Å². The Morgan fingerprint density at radius 2 is 1.88 bits per heavy atom. The highest BCUT2D eigenvalue weighted by atomic mass is 16.5. The van der Waals surface area contributed by atoms with Gasteiger partial charge in [0, 0.05) is 41.3 Å². The molecule has 0 bridgehead atoms. The second-order valence-electron chi connectivity index (χ2n) is 8.15. The van der Waals surface area contributed by atoms with Crippen molar-refractivity contribution in [1.29, 1.82) is 0 Å². The maximum Gasteiger partial charge on any atom is 0.295 e. The fourth-order valence-electron chi connectivity index (χ4n) is 4.21. The molecule has 1 aromatic heterocycles. The number of ether oxygens (including phenoxy) is 2. The summed E-state index contributed by atoms with van der Waals surface area (Å²) in [4.78, 5) is 32.9. The van der Waals surface area contributed by atoms with E-state index in [-0.39, 0.29) is 11.3 Å². The van der Waals surface area contributed by atoms with Crippen molar-refractivity contribution in [2.45, 2.75) is 6.04 Å². The van der Waals surface area contributed by atoms with Gasteiger partial charge in [-0.15, -0.1) is 0 Å². The lowest BCUT2D eigenvalue weighted by molar-refractivity contribution is -0.140. The van der Waals surface area contributed by atoms with Gasteiger partial charge in [0.15, 0.2) is 0 Å². The molecule has 172 valence electrons. The number of fused-ring (bicyclic) bond motifs is 1. The van der Waals surface area contributed by atoms with Gasteiger partial charge in [0.25, 0.3) is 11.7 Å². The molecule has 1 unspecified atom stereocenters. The van der Waals surface area contributed by atoms with Gasteiger partial charge in [0.2, 0.25) is 0 Å². The molecule has 0 radical (unpaired) electrons. The first-order valence-electron chi connectivity index (χ1n) is 10.6. The fourth-order valence-corrected chi connectivity index (χ4v) is 4.21. The average molecular weight is 450 g/mol. The topological polar surface area (TPSA) is 95.1 Å². The van der Waals surface area contributed by atoms with Gasteiger partial charge in [0.05, 0.1) is 25.8 Å². The number of hydrogen-bond donors (Lipinski definition) is 2. The van der Waals surface area contributed by atoms with Gasteiger partial charge < -0.3 is 29.4 Å². The van der Waals surface area contributed by atoms with Crippen LogP contribution in [0.2, 0.25) is 0 Å². The van der Waals surface area contributed by atoms with Gasteiger partial charge in [-0.3, -0.25) is 9.59 Å². The molecule has 33 heavy (non-hydrogen) atoms. The number of aliphatic hydroxyl groups is 1. The maximum atomic E-state index is 13.3. The van der Waals surface area contributed by atoms with Crippen molar-refractivity contribution in [2.24, 2.45) is 0 Å². The Kier molecular flexibility index (Phi) is 6.11. The van der Waals surface area contributed by atoms with Crippen LogP contribution in [-0.2, 0) is 9.59 Å². The van der Waals surface area contributed by atoms with Crippen molar-refractivity contribution < 1.29 is 24.2 Å². The van der Waals surface area contributed by atoms with E-state index in [1.165, 1.54) is 12.0 Å². The van der Waals surface area contributed by atoms with E-state index in [0.29, 0.717) is 35.7 Å². The number of aromatic nitrogens is 1. The summed E-state index contributed by atoms with van der Waals surface area (Å²) in [5.41, 5.74) is 1.87. The minimum absolute atomic E-state index is 0.0232. The van der Waals surface area contributed by atoms with E-state index in [1.54, 1.807) is 31.5 Å². The predicted octanol–water partition coefficient (Wildman–Crippen LogP) is 3.17. The summed E-state index contributed by atoms with van der Waals surface area (Å²) in [7, 11) is 6.85. The van der Waals surface area contributed by atoms with E-state index < -0.39 is 17.7 Å². The largest absolute Gasteiger partial charge is 0.507 e. The summed E-state index contributed by atoms with van der Waals surface area (Å²) in [5, 5.41) is 12.1. The zero-order valence-electron chi connectivity index (χ0n) is 19.1. The van der Waals surface area contributed by atoms with Crippen LogP contribution in [0.15, 0.2) is 54.2 Å². The fraction of sp³-hybridized carbons (Fsp3) is 0.280. The maximum absolute atomic E-state index is 13.3. The van der Waals surface area contributed by atoms with Gasteiger partial charge >= 0.3 is 0 Å². The standard InChI is InChI=1S/C25H27N3O5/c1-27(2)11-12-28-22(17-13-15(32-3)9-10-20(17)33-4)21(24(30)25(28)31)23(29)18-14-26-19-8-6-5-7-16(18)19/h5-10,13-14,22,26,29H,11-12H2,1-4H3/b23-21+. The smallest absolute Gasteiger partial charge is 0.295 e. The molecule has 1 amide bonds. The quantitative estimate of drug-likeness (QED) is 0.327. The molecule has 8 heteroatoms. The number of hydrogen-bond acceptors (Lipinski definition) is 6. The number of aromatic amines is 1. The van der Waals surface area contributed by atoms with Crippen LogP contribution in [0.1, 0.15) is 17.2 Å². The molecular formula is C25H27N3O5. The summed E-state index contributed by atoms with van der Waals surface area (Å²) in [6, 6.07) is 11.8. The number of para-hydroxylation sites is 1.